The van der Waals surface area contributed by atoms with Gasteiger partial charge in [-0.05, 0) is 43.9 Å². The van der Waals surface area contributed by atoms with Crippen LogP contribution >= 0.6 is 0 Å². The monoisotopic (exact) mass is 399 g/mol. The van der Waals surface area contributed by atoms with Crippen molar-refractivity contribution in [3.8, 4) is 11.5 Å². The molecule has 0 aliphatic carbocycles. The first kappa shape index (κ1) is 22.2. The molecule has 2 rings (SSSR count). The number of nitrogens with zero attached hydrogens (tertiary/aromatic N) is 1. The first-order valence-corrected chi connectivity index (χ1v) is 9.44. The SMILES string of the molecule is COc1ccc([C@H](CNC(=O)CCNC(=O)c2ccccc2OC)N(C)C)cc1. The molecule has 0 bridgehead atoms. The molecule has 2 aromatic carbocycles. The summed E-state index contributed by atoms with van der Waals surface area (Å²) < 4.78 is 10.4. The largest absolute Gasteiger partial charge is 0.497 e. The quantitative estimate of drug-likeness (QED) is 0.641. The topological polar surface area (TPSA) is 79.9 Å². The Labute approximate surface area is 172 Å². The van der Waals surface area contributed by atoms with Gasteiger partial charge in [0, 0.05) is 19.5 Å². The van der Waals surface area contributed by atoms with Crippen molar-refractivity contribution >= 4 is 11.8 Å². The van der Waals surface area contributed by atoms with E-state index in [-0.39, 0.29) is 30.8 Å². The smallest absolute Gasteiger partial charge is 0.255 e. The summed E-state index contributed by atoms with van der Waals surface area (Å²) in [6.45, 7) is 0.719. The predicted molar refractivity (Wildman–Crippen MR) is 112 cm³/mol. The summed E-state index contributed by atoms with van der Waals surface area (Å²) >= 11 is 0. The fraction of sp³-hybridized carbons (Fsp3) is 0.364. The molecule has 0 fully saturated rings. The van der Waals surface area contributed by atoms with Crippen LogP contribution in [0.3, 0.4) is 0 Å². The molecule has 1 atom stereocenters. The van der Waals surface area contributed by atoms with Crippen LogP contribution in [-0.2, 0) is 4.79 Å². The number of benzene rings is 2. The van der Waals surface area contributed by atoms with Crippen LogP contribution < -0.4 is 20.1 Å². The number of carbonyl (C=O) groups is 2. The number of para-hydroxylation sites is 1. The number of nitrogens with one attached hydrogen (secondary N) is 2. The van der Waals surface area contributed by atoms with Crippen molar-refractivity contribution in [1.82, 2.24) is 15.5 Å². The average Bonchev–Trinajstić information content (AvgIpc) is 2.74. The average molecular weight is 399 g/mol. The summed E-state index contributed by atoms with van der Waals surface area (Å²) in [5.41, 5.74) is 1.53. The Morgan fingerprint density at radius 1 is 0.966 bits per heavy atom. The van der Waals surface area contributed by atoms with Crippen LogP contribution in [0.2, 0.25) is 0 Å². The first-order chi connectivity index (χ1) is 14.0. The van der Waals surface area contributed by atoms with Crippen molar-refractivity contribution in [3.05, 3.63) is 59.7 Å². The lowest BCUT2D eigenvalue weighted by molar-refractivity contribution is -0.121. The van der Waals surface area contributed by atoms with Crippen molar-refractivity contribution in [2.24, 2.45) is 0 Å². The lowest BCUT2D eigenvalue weighted by Gasteiger charge is -2.25. The minimum absolute atomic E-state index is 0.0352. The maximum atomic E-state index is 12.3. The van der Waals surface area contributed by atoms with Crippen molar-refractivity contribution in [1.29, 1.82) is 0 Å². The number of amides is 2. The van der Waals surface area contributed by atoms with Gasteiger partial charge in [-0.2, -0.15) is 0 Å². The molecule has 2 amide bonds. The Morgan fingerprint density at radius 2 is 1.66 bits per heavy atom. The number of ether oxygens (including phenoxy) is 2. The van der Waals surface area contributed by atoms with Gasteiger partial charge in [0.05, 0.1) is 25.8 Å². The Kier molecular flexibility index (Phi) is 8.48. The van der Waals surface area contributed by atoms with Gasteiger partial charge in [0.1, 0.15) is 11.5 Å². The zero-order valence-electron chi connectivity index (χ0n) is 17.4. The molecule has 0 heterocycles. The maximum absolute atomic E-state index is 12.3. The van der Waals surface area contributed by atoms with Crippen molar-refractivity contribution in [2.75, 3.05) is 41.4 Å². The van der Waals surface area contributed by atoms with E-state index < -0.39 is 0 Å². The molecular formula is C22H29N3O4. The van der Waals surface area contributed by atoms with Crippen LogP contribution in [-0.4, -0.2) is 58.1 Å². The lowest BCUT2D eigenvalue weighted by Crippen LogP contribution is -2.36. The van der Waals surface area contributed by atoms with E-state index in [0.717, 1.165) is 11.3 Å². The number of hydrogen-bond acceptors (Lipinski definition) is 5. The third kappa shape index (κ3) is 6.50. The zero-order valence-corrected chi connectivity index (χ0v) is 17.4. The highest BCUT2D eigenvalue weighted by molar-refractivity contribution is 5.97. The van der Waals surface area contributed by atoms with E-state index in [1.165, 1.54) is 7.11 Å². The van der Waals surface area contributed by atoms with Gasteiger partial charge in [-0.3, -0.25) is 9.59 Å². The highest BCUT2D eigenvalue weighted by atomic mass is 16.5. The summed E-state index contributed by atoms with van der Waals surface area (Å²) in [4.78, 5) is 26.5. The predicted octanol–water partition coefficient (Wildman–Crippen LogP) is 2.24. The fourth-order valence-electron chi connectivity index (χ4n) is 2.94. The number of rotatable bonds is 10. The summed E-state index contributed by atoms with van der Waals surface area (Å²) in [5.74, 6) is 0.911. The maximum Gasteiger partial charge on any atom is 0.255 e. The molecule has 0 aromatic heterocycles. The van der Waals surface area contributed by atoms with Crippen molar-refractivity contribution in [3.63, 3.8) is 0 Å². The van der Waals surface area contributed by atoms with Crippen LogP contribution in [0, 0.1) is 0 Å². The molecule has 0 saturated carbocycles. The molecule has 156 valence electrons. The van der Waals surface area contributed by atoms with Crippen LogP contribution in [0.1, 0.15) is 28.4 Å². The molecule has 0 unspecified atom stereocenters. The van der Waals surface area contributed by atoms with Gasteiger partial charge in [0.25, 0.3) is 5.91 Å². The molecule has 2 N–H and O–H groups in total. The second kappa shape index (κ2) is 11.1. The standard InChI is InChI=1S/C22H29N3O4/c1-25(2)19(16-9-11-17(28-3)12-10-16)15-24-21(26)13-14-23-22(27)18-7-5-6-8-20(18)29-4/h5-12,19H,13-15H2,1-4H3,(H,23,27)(H,24,26)/t19-/m0/s1. The Bertz CT molecular complexity index is 806. The normalized spacial score (nSPS) is 11.6. The highest BCUT2D eigenvalue weighted by Gasteiger charge is 2.16. The van der Waals surface area contributed by atoms with Gasteiger partial charge in [-0.1, -0.05) is 24.3 Å². The van der Waals surface area contributed by atoms with Crippen molar-refractivity contribution in [2.45, 2.75) is 12.5 Å². The molecule has 0 spiro atoms. The van der Waals surface area contributed by atoms with E-state index in [2.05, 4.69) is 10.6 Å². The molecule has 0 aliphatic heterocycles. The second-order valence-corrected chi connectivity index (χ2v) is 6.76. The Hall–Kier alpha value is -3.06. The molecule has 0 radical (unpaired) electrons. The molecule has 7 heteroatoms. The van der Waals surface area contributed by atoms with E-state index in [1.807, 2.05) is 43.3 Å². The van der Waals surface area contributed by atoms with E-state index in [1.54, 1.807) is 31.4 Å². The molecule has 29 heavy (non-hydrogen) atoms. The highest BCUT2D eigenvalue weighted by Crippen LogP contribution is 2.20. The van der Waals surface area contributed by atoms with Gasteiger partial charge in [0.15, 0.2) is 0 Å². The third-order valence-electron chi connectivity index (χ3n) is 4.61. The Balaban J connectivity index is 1.82. The van der Waals surface area contributed by atoms with E-state index in [9.17, 15) is 9.59 Å². The number of likely N-dealkylation sites (N-methyl/N-ethyl adjacent to an activating group) is 1. The number of carbonyl (C=O) groups excluding carboxylic acids is 2. The fourth-order valence-corrected chi connectivity index (χ4v) is 2.94. The van der Waals surface area contributed by atoms with Crippen LogP contribution in [0.4, 0.5) is 0 Å². The summed E-state index contributed by atoms with van der Waals surface area (Å²) in [5, 5.41) is 5.69. The molecular weight excluding hydrogens is 370 g/mol. The minimum atomic E-state index is -0.264. The van der Waals surface area contributed by atoms with Crippen molar-refractivity contribution < 1.29 is 19.1 Å². The number of hydrogen-bond donors (Lipinski definition) is 2. The number of methoxy groups -OCH3 is 2. The van der Waals surface area contributed by atoms with Crippen LogP contribution in [0.5, 0.6) is 11.5 Å². The molecule has 7 nitrogen and oxygen atoms in total. The second-order valence-electron chi connectivity index (χ2n) is 6.76. The summed E-state index contributed by atoms with van der Waals surface area (Å²) in [7, 11) is 7.08. The molecule has 2 aromatic rings. The van der Waals surface area contributed by atoms with Gasteiger partial charge in [0.2, 0.25) is 5.91 Å². The lowest BCUT2D eigenvalue weighted by atomic mass is 10.1. The van der Waals surface area contributed by atoms with E-state index in [0.29, 0.717) is 17.9 Å². The van der Waals surface area contributed by atoms with Gasteiger partial charge in [-0.15, -0.1) is 0 Å². The summed E-state index contributed by atoms with van der Waals surface area (Å²) in [6, 6.07) is 14.8. The van der Waals surface area contributed by atoms with Crippen LogP contribution in [0.25, 0.3) is 0 Å². The van der Waals surface area contributed by atoms with Crippen LogP contribution in [0.15, 0.2) is 48.5 Å². The minimum Gasteiger partial charge on any atom is -0.497 e. The van der Waals surface area contributed by atoms with Gasteiger partial charge in [-0.25, -0.2) is 0 Å². The molecule has 0 aliphatic rings. The van der Waals surface area contributed by atoms with Gasteiger partial charge >= 0.3 is 0 Å². The summed E-state index contributed by atoms with van der Waals surface area (Å²) in [6.07, 6.45) is 0.198. The zero-order chi connectivity index (χ0) is 21.2. The van der Waals surface area contributed by atoms with Gasteiger partial charge < -0.3 is 25.0 Å². The Morgan fingerprint density at radius 3 is 2.28 bits per heavy atom. The first-order valence-electron chi connectivity index (χ1n) is 9.44. The van der Waals surface area contributed by atoms with E-state index in [4.69, 9.17) is 9.47 Å². The molecule has 0 saturated heterocycles. The third-order valence-corrected chi connectivity index (χ3v) is 4.61. The van der Waals surface area contributed by atoms with E-state index >= 15 is 0 Å².